The van der Waals surface area contributed by atoms with E-state index in [0.29, 0.717) is 0 Å². The molecular weight excluding hydrogens is 374 g/mol. The Bertz CT molecular complexity index is 1210. The van der Waals surface area contributed by atoms with Crippen LogP contribution in [-0.2, 0) is 0 Å². The number of aromatic nitrogens is 2. The number of nitrogen functional groups attached to an aromatic ring is 1. The Morgan fingerprint density at radius 3 is 2.13 bits per heavy atom. The van der Waals surface area contributed by atoms with E-state index in [2.05, 4.69) is 15.3 Å². The fraction of sp³-hybridized carbons (Fsp3) is 0.125. The van der Waals surface area contributed by atoms with Crippen molar-refractivity contribution < 1.29 is 0 Å². The number of H-pyrrole nitrogens is 1. The standard InChI is InChI=1S/C14H15N3.C10H10N2O/c1-10-5-3-4-6-14(10)17-16-12-7-8-13(15)11(2)9-12;1-8-7-10(13)12(11-8)9-5-3-2-4-6-9/h3-9H,15H2,1-2H3;2-7,11H,1H3/b17-16+;. The number of aromatic amines is 1. The Labute approximate surface area is 175 Å². The van der Waals surface area contributed by atoms with E-state index in [1.54, 1.807) is 6.07 Å². The molecule has 0 saturated heterocycles. The van der Waals surface area contributed by atoms with Crippen molar-refractivity contribution in [2.24, 2.45) is 10.2 Å². The first-order valence-corrected chi connectivity index (χ1v) is 9.61. The first-order valence-electron chi connectivity index (χ1n) is 9.61. The second kappa shape index (κ2) is 9.52. The number of anilines is 1. The molecule has 0 unspecified atom stereocenters. The van der Waals surface area contributed by atoms with Gasteiger partial charge in [0.05, 0.1) is 17.1 Å². The molecule has 0 saturated carbocycles. The second-order valence-corrected chi connectivity index (χ2v) is 6.98. The molecule has 0 aliphatic rings. The molecule has 0 aliphatic heterocycles. The van der Waals surface area contributed by atoms with Gasteiger partial charge in [0.25, 0.3) is 5.56 Å². The molecule has 0 atom stereocenters. The van der Waals surface area contributed by atoms with E-state index in [0.717, 1.165) is 39.6 Å². The molecule has 0 bridgehead atoms. The van der Waals surface area contributed by atoms with Crippen molar-refractivity contribution in [2.75, 3.05) is 5.73 Å². The topological polar surface area (TPSA) is 88.5 Å². The summed E-state index contributed by atoms with van der Waals surface area (Å²) in [6.45, 7) is 5.84. The van der Waals surface area contributed by atoms with E-state index in [-0.39, 0.29) is 5.56 Å². The van der Waals surface area contributed by atoms with Crippen molar-refractivity contribution in [2.45, 2.75) is 20.8 Å². The van der Waals surface area contributed by atoms with Crippen molar-refractivity contribution in [1.29, 1.82) is 0 Å². The smallest absolute Gasteiger partial charge is 0.271 e. The number of nitrogens with two attached hydrogens (primary N) is 1. The molecule has 0 amide bonds. The van der Waals surface area contributed by atoms with Crippen LogP contribution in [-0.4, -0.2) is 9.78 Å². The molecule has 1 aromatic heterocycles. The Balaban J connectivity index is 0.000000177. The van der Waals surface area contributed by atoms with Gasteiger partial charge in [-0.15, -0.1) is 0 Å². The van der Waals surface area contributed by atoms with Gasteiger partial charge in [0.1, 0.15) is 0 Å². The summed E-state index contributed by atoms with van der Waals surface area (Å²) in [5.41, 5.74) is 12.1. The van der Waals surface area contributed by atoms with E-state index in [4.69, 9.17) is 5.73 Å². The van der Waals surface area contributed by atoms with Crippen LogP contribution in [0, 0.1) is 20.8 Å². The van der Waals surface area contributed by atoms with Crippen LogP contribution in [0.1, 0.15) is 16.8 Å². The second-order valence-electron chi connectivity index (χ2n) is 6.98. The number of rotatable bonds is 3. The average molecular weight is 399 g/mol. The fourth-order valence-corrected chi connectivity index (χ4v) is 2.79. The van der Waals surface area contributed by atoms with Crippen molar-refractivity contribution in [1.82, 2.24) is 9.78 Å². The molecule has 0 radical (unpaired) electrons. The lowest BCUT2D eigenvalue weighted by molar-refractivity contribution is 0.835. The number of benzene rings is 3. The van der Waals surface area contributed by atoms with Gasteiger partial charge in [-0.1, -0.05) is 36.4 Å². The van der Waals surface area contributed by atoms with Crippen LogP contribution in [0.2, 0.25) is 0 Å². The molecule has 6 heteroatoms. The van der Waals surface area contributed by atoms with E-state index < -0.39 is 0 Å². The number of nitrogens with zero attached hydrogens (tertiary/aromatic N) is 3. The maximum atomic E-state index is 11.4. The summed E-state index contributed by atoms with van der Waals surface area (Å²) in [5.74, 6) is 0. The van der Waals surface area contributed by atoms with E-state index in [1.807, 2.05) is 93.6 Å². The molecule has 3 N–H and O–H groups in total. The van der Waals surface area contributed by atoms with Gasteiger partial charge in [0, 0.05) is 17.4 Å². The lowest BCUT2D eigenvalue weighted by Gasteiger charge is -2.00. The van der Waals surface area contributed by atoms with Gasteiger partial charge in [-0.3, -0.25) is 9.89 Å². The predicted molar refractivity (Wildman–Crippen MR) is 122 cm³/mol. The molecular formula is C24H25N5O. The van der Waals surface area contributed by atoms with Gasteiger partial charge in [-0.25, -0.2) is 4.68 Å². The van der Waals surface area contributed by atoms with Crippen molar-refractivity contribution >= 4 is 17.1 Å². The average Bonchev–Trinajstić information content (AvgIpc) is 3.09. The maximum Gasteiger partial charge on any atom is 0.271 e. The number of hydrogen-bond donors (Lipinski definition) is 2. The third kappa shape index (κ3) is 5.32. The van der Waals surface area contributed by atoms with E-state index >= 15 is 0 Å². The Morgan fingerprint density at radius 2 is 1.50 bits per heavy atom. The number of para-hydroxylation sites is 1. The minimum absolute atomic E-state index is 0.0244. The minimum Gasteiger partial charge on any atom is -0.399 e. The highest BCUT2D eigenvalue weighted by Crippen LogP contribution is 2.23. The molecule has 3 aromatic carbocycles. The lowest BCUT2D eigenvalue weighted by Crippen LogP contribution is -2.12. The third-order valence-electron chi connectivity index (χ3n) is 4.50. The largest absolute Gasteiger partial charge is 0.399 e. The highest BCUT2D eigenvalue weighted by Gasteiger charge is 2.00. The number of hydrogen-bond acceptors (Lipinski definition) is 4. The van der Waals surface area contributed by atoms with Crippen LogP contribution in [0.5, 0.6) is 0 Å². The van der Waals surface area contributed by atoms with Gasteiger partial charge >= 0.3 is 0 Å². The van der Waals surface area contributed by atoms with Crippen LogP contribution >= 0.6 is 0 Å². The zero-order valence-corrected chi connectivity index (χ0v) is 17.3. The zero-order chi connectivity index (χ0) is 21.5. The molecule has 4 aromatic rings. The van der Waals surface area contributed by atoms with E-state index in [1.165, 1.54) is 4.68 Å². The molecule has 152 valence electrons. The van der Waals surface area contributed by atoms with Crippen LogP contribution in [0.25, 0.3) is 5.69 Å². The lowest BCUT2D eigenvalue weighted by atomic mass is 10.2. The first-order chi connectivity index (χ1) is 14.4. The SMILES string of the molecule is Cc1cc(/N=N/c2ccccc2C)ccc1N.Cc1cc(=O)n(-c2ccccc2)[nH]1. The third-order valence-corrected chi connectivity index (χ3v) is 4.50. The summed E-state index contributed by atoms with van der Waals surface area (Å²) in [5, 5.41) is 11.4. The molecule has 0 spiro atoms. The van der Waals surface area contributed by atoms with Crippen LogP contribution in [0.3, 0.4) is 0 Å². The molecule has 1 heterocycles. The number of nitrogens with one attached hydrogen (secondary N) is 1. The van der Waals surface area contributed by atoms with Gasteiger partial charge in [-0.2, -0.15) is 10.2 Å². The Morgan fingerprint density at radius 1 is 0.800 bits per heavy atom. The summed E-state index contributed by atoms with van der Waals surface area (Å²) < 4.78 is 1.52. The molecule has 6 nitrogen and oxygen atoms in total. The van der Waals surface area contributed by atoms with Gasteiger partial charge in [-0.05, 0) is 68.3 Å². The van der Waals surface area contributed by atoms with Gasteiger partial charge in [0.15, 0.2) is 0 Å². The van der Waals surface area contributed by atoms with Crippen molar-refractivity contribution in [3.05, 3.63) is 106 Å². The van der Waals surface area contributed by atoms with Crippen LogP contribution < -0.4 is 11.3 Å². The Kier molecular flexibility index (Phi) is 6.60. The maximum absolute atomic E-state index is 11.4. The summed E-state index contributed by atoms with van der Waals surface area (Å²) in [7, 11) is 0. The summed E-state index contributed by atoms with van der Waals surface area (Å²) in [6, 6.07) is 24.6. The summed E-state index contributed by atoms with van der Waals surface area (Å²) >= 11 is 0. The van der Waals surface area contributed by atoms with Crippen molar-refractivity contribution in [3.63, 3.8) is 0 Å². The number of aryl methyl sites for hydroxylation is 3. The van der Waals surface area contributed by atoms with E-state index in [9.17, 15) is 4.79 Å². The quantitative estimate of drug-likeness (QED) is 0.338. The Hall–Kier alpha value is -3.93. The van der Waals surface area contributed by atoms with Gasteiger partial charge in [0.2, 0.25) is 0 Å². The first kappa shape index (κ1) is 20.8. The highest BCUT2D eigenvalue weighted by molar-refractivity contribution is 5.54. The predicted octanol–water partition coefficient (Wildman–Crippen LogP) is 5.78. The fourth-order valence-electron chi connectivity index (χ4n) is 2.79. The normalized spacial score (nSPS) is 10.6. The van der Waals surface area contributed by atoms with Crippen LogP contribution in [0.15, 0.2) is 93.9 Å². The molecule has 30 heavy (non-hydrogen) atoms. The minimum atomic E-state index is -0.0244. The molecule has 4 rings (SSSR count). The zero-order valence-electron chi connectivity index (χ0n) is 17.3. The summed E-state index contributed by atoms with van der Waals surface area (Å²) in [4.78, 5) is 11.4. The van der Waals surface area contributed by atoms with Gasteiger partial charge < -0.3 is 5.73 Å². The van der Waals surface area contributed by atoms with Crippen molar-refractivity contribution in [3.8, 4) is 5.69 Å². The highest BCUT2D eigenvalue weighted by atomic mass is 16.1. The van der Waals surface area contributed by atoms with Crippen LogP contribution in [0.4, 0.5) is 17.1 Å². The number of azo groups is 1. The summed E-state index contributed by atoms with van der Waals surface area (Å²) in [6.07, 6.45) is 0. The monoisotopic (exact) mass is 399 g/mol. The molecule has 0 aliphatic carbocycles. The molecule has 0 fully saturated rings.